The van der Waals surface area contributed by atoms with E-state index in [4.69, 9.17) is 32.6 Å². The van der Waals surface area contributed by atoms with Crippen molar-refractivity contribution < 1.29 is 41.0 Å². The van der Waals surface area contributed by atoms with E-state index in [1.165, 1.54) is 44.2 Å². The Kier molecular flexibility index (Phi) is 19.7. The molecule has 0 saturated carbocycles. The van der Waals surface area contributed by atoms with E-state index in [-0.39, 0.29) is 30.5 Å². The van der Waals surface area contributed by atoms with Crippen molar-refractivity contribution in [1.82, 2.24) is 0 Å². The summed E-state index contributed by atoms with van der Waals surface area (Å²) in [6, 6.07) is 6.53. The van der Waals surface area contributed by atoms with Crippen LogP contribution in [0.3, 0.4) is 0 Å². The van der Waals surface area contributed by atoms with Crippen LogP contribution in [-0.4, -0.2) is 86.9 Å². The van der Waals surface area contributed by atoms with E-state index in [1.54, 1.807) is 12.1 Å². The summed E-state index contributed by atoms with van der Waals surface area (Å²) in [5, 5.41) is 0. The van der Waals surface area contributed by atoms with E-state index >= 15 is 0 Å². The smallest absolute Gasteiger partial charge is 0.297 e. The molecule has 232 valence electrons. The lowest BCUT2D eigenvalue weighted by Crippen LogP contribution is -2.29. The van der Waals surface area contributed by atoms with Crippen molar-refractivity contribution in [3.8, 4) is 0 Å². The molecule has 0 N–H and O–H groups in total. The van der Waals surface area contributed by atoms with Crippen LogP contribution < -0.4 is 0 Å². The largest absolute Gasteiger partial charge is 0.377 e. The molecular formula is C30H52O9S. The predicted molar refractivity (Wildman–Crippen MR) is 154 cm³/mol. The topological polar surface area (TPSA) is 98.8 Å². The fourth-order valence-corrected chi connectivity index (χ4v) is 5.11. The molecule has 0 amide bonds. The molecule has 2 atom stereocenters. The number of ether oxygens (including phenoxy) is 6. The van der Waals surface area contributed by atoms with Crippen LogP contribution in [0, 0.1) is 6.92 Å². The number of benzene rings is 1. The third-order valence-electron chi connectivity index (χ3n) is 6.59. The van der Waals surface area contributed by atoms with Crippen LogP contribution in [0.15, 0.2) is 29.2 Å². The predicted octanol–water partition coefficient (Wildman–Crippen LogP) is 5.43. The maximum atomic E-state index is 12.1. The van der Waals surface area contributed by atoms with Gasteiger partial charge in [-0.15, -0.1) is 0 Å². The molecule has 1 saturated heterocycles. The molecule has 1 aromatic rings. The Hall–Kier alpha value is -1.11. The number of hydrogen-bond donors (Lipinski definition) is 0. The van der Waals surface area contributed by atoms with E-state index in [9.17, 15) is 8.42 Å². The first-order chi connectivity index (χ1) is 19.5. The fourth-order valence-electron chi connectivity index (χ4n) is 4.22. The highest BCUT2D eigenvalue weighted by Gasteiger charge is 2.18. The average Bonchev–Trinajstić information content (AvgIpc) is 2.96. The zero-order valence-electron chi connectivity index (χ0n) is 24.7. The van der Waals surface area contributed by atoms with Crippen molar-refractivity contribution in [2.75, 3.05) is 66.1 Å². The van der Waals surface area contributed by atoms with Gasteiger partial charge in [-0.25, -0.2) is 0 Å². The standard InChI is InChI=1S/C30H52O9S/c1-3-4-5-6-7-8-11-28(26-38-30-12-9-10-17-37-30)36-24-22-34-20-18-33-19-21-35-23-25-39-40(31,32)29-15-13-27(2)14-16-29/h13-16,28,30H,3-12,17-26H2,1-2H3/t28-,30?/m1/s1. The molecule has 0 bridgehead atoms. The summed E-state index contributed by atoms with van der Waals surface area (Å²) in [5.41, 5.74) is 0.986. The second-order valence-corrected chi connectivity index (χ2v) is 11.7. The number of aryl methyl sites for hydroxylation is 1. The highest BCUT2D eigenvalue weighted by Crippen LogP contribution is 2.17. The van der Waals surface area contributed by atoms with Crippen molar-refractivity contribution in [2.45, 2.75) is 95.3 Å². The first-order valence-electron chi connectivity index (χ1n) is 15.1. The fraction of sp³-hybridized carbons (Fsp3) is 0.800. The van der Waals surface area contributed by atoms with Gasteiger partial charge >= 0.3 is 0 Å². The molecular weight excluding hydrogens is 536 g/mol. The molecule has 2 rings (SSSR count). The molecule has 40 heavy (non-hydrogen) atoms. The zero-order chi connectivity index (χ0) is 28.7. The molecule has 1 aliphatic heterocycles. The molecule has 9 nitrogen and oxygen atoms in total. The quantitative estimate of drug-likeness (QED) is 0.109. The van der Waals surface area contributed by atoms with Crippen LogP contribution in [0.4, 0.5) is 0 Å². The van der Waals surface area contributed by atoms with Crippen molar-refractivity contribution >= 4 is 10.1 Å². The Morgan fingerprint density at radius 3 is 2.10 bits per heavy atom. The Labute approximate surface area is 242 Å². The second-order valence-electron chi connectivity index (χ2n) is 10.1. The van der Waals surface area contributed by atoms with Gasteiger partial charge in [-0.1, -0.05) is 63.1 Å². The van der Waals surface area contributed by atoms with Crippen LogP contribution in [-0.2, 0) is 42.7 Å². The zero-order valence-corrected chi connectivity index (χ0v) is 25.5. The SMILES string of the molecule is CCCCCCCC[C@H](COC1CCCCO1)OCCOCCOCCOCCOS(=O)(=O)c1ccc(C)cc1. The van der Waals surface area contributed by atoms with Gasteiger partial charge in [0.05, 0.1) is 70.5 Å². The lowest BCUT2D eigenvalue weighted by atomic mass is 10.1. The summed E-state index contributed by atoms with van der Waals surface area (Å²) < 4.78 is 63.5. The van der Waals surface area contributed by atoms with Gasteiger partial charge in [0.15, 0.2) is 6.29 Å². The van der Waals surface area contributed by atoms with Crippen LogP contribution in [0.5, 0.6) is 0 Å². The Bertz CT molecular complexity index is 826. The summed E-state index contributed by atoms with van der Waals surface area (Å²) in [6.07, 6.45) is 11.7. The van der Waals surface area contributed by atoms with Crippen LogP contribution in [0.2, 0.25) is 0 Å². The molecule has 0 aliphatic carbocycles. The second kappa shape index (κ2) is 22.5. The summed E-state index contributed by atoms with van der Waals surface area (Å²) in [5.74, 6) is 0. The maximum absolute atomic E-state index is 12.1. The first-order valence-corrected chi connectivity index (χ1v) is 16.5. The lowest BCUT2D eigenvalue weighted by Gasteiger charge is -2.25. The van der Waals surface area contributed by atoms with Gasteiger partial charge in [-0.2, -0.15) is 8.42 Å². The first kappa shape index (κ1) is 35.1. The number of unbranched alkanes of at least 4 members (excludes halogenated alkanes) is 5. The van der Waals surface area contributed by atoms with Gasteiger partial charge in [-0.05, 0) is 44.7 Å². The minimum absolute atomic E-state index is 0.0438. The van der Waals surface area contributed by atoms with Gasteiger partial charge < -0.3 is 28.4 Å². The van der Waals surface area contributed by atoms with Gasteiger partial charge in [0.1, 0.15) is 0 Å². The Morgan fingerprint density at radius 1 is 0.825 bits per heavy atom. The van der Waals surface area contributed by atoms with Gasteiger partial charge in [0.2, 0.25) is 0 Å². The molecule has 1 unspecified atom stereocenters. The summed E-state index contributed by atoms with van der Waals surface area (Å²) in [4.78, 5) is 0.141. The molecule has 0 radical (unpaired) electrons. The van der Waals surface area contributed by atoms with E-state index in [0.717, 1.165) is 44.3 Å². The third kappa shape index (κ3) is 17.0. The normalized spacial score (nSPS) is 16.8. The highest BCUT2D eigenvalue weighted by molar-refractivity contribution is 7.86. The monoisotopic (exact) mass is 588 g/mol. The summed E-state index contributed by atoms with van der Waals surface area (Å²) >= 11 is 0. The van der Waals surface area contributed by atoms with Crippen LogP contribution in [0.25, 0.3) is 0 Å². The minimum Gasteiger partial charge on any atom is -0.377 e. The Balaban J connectivity index is 1.45. The van der Waals surface area contributed by atoms with Crippen molar-refractivity contribution in [1.29, 1.82) is 0 Å². The van der Waals surface area contributed by atoms with Crippen LogP contribution in [0.1, 0.15) is 76.7 Å². The van der Waals surface area contributed by atoms with E-state index in [1.807, 2.05) is 6.92 Å². The van der Waals surface area contributed by atoms with E-state index in [0.29, 0.717) is 46.2 Å². The number of rotatable bonds is 25. The molecule has 0 aromatic heterocycles. The van der Waals surface area contributed by atoms with E-state index in [2.05, 4.69) is 6.92 Å². The molecule has 0 spiro atoms. The molecule has 10 heteroatoms. The van der Waals surface area contributed by atoms with Gasteiger partial charge in [0, 0.05) is 6.61 Å². The average molecular weight is 589 g/mol. The van der Waals surface area contributed by atoms with Crippen molar-refractivity contribution in [3.63, 3.8) is 0 Å². The molecule has 1 fully saturated rings. The molecule has 1 aliphatic rings. The van der Waals surface area contributed by atoms with Crippen molar-refractivity contribution in [3.05, 3.63) is 29.8 Å². The van der Waals surface area contributed by atoms with Crippen molar-refractivity contribution in [2.24, 2.45) is 0 Å². The van der Waals surface area contributed by atoms with Gasteiger partial charge in [-0.3, -0.25) is 4.18 Å². The van der Waals surface area contributed by atoms with Crippen LogP contribution >= 0.6 is 0 Å². The minimum atomic E-state index is -3.76. The molecule has 1 aromatic carbocycles. The Morgan fingerprint density at radius 2 is 1.45 bits per heavy atom. The third-order valence-corrected chi connectivity index (χ3v) is 7.91. The summed E-state index contributed by atoms with van der Waals surface area (Å²) in [6.45, 7) is 8.27. The molecule has 1 heterocycles. The van der Waals surface area contributed by atoms with E-state index < -0.39 is 10.1 Å². The van der Waals surface area contributed by atoms with Gasteiger partial charge in [0.25, 0.3) is 10.1 Å². The highest BCUT2D eigenvalue weighted by atomic mass is 32.2. The lowest BCUT2D eigenvalue weighted by molar-refractivity contribution is -0.181. The summed E-state index contributed by atoms with van der Waals surface area (Å²) in [7, 11) is -3.76. The maximum Gasteiger partial charge on any atom is 0.297 e. The number of hydrogen-bond acceptors (Lipinski definition) is 9.